The SMILES string of the molecule is C[C@H](N[C@@H](C)c1cccs1)C(=O)Nc1ccccc1F. The summed E-state index contributed by atoms with van der Waals surface area (Å²) in [5.41, 5.74) is 0.204. The van der Waals surface area contributed by atoms with Gasteiger partial charge in [0.1, 0.15) is 5.82 Å². The highest BCUT2D eigenvalue weighted by molar-refractivity contribution is 7.10. The summed E-state index contributed by atoms with van der Waals surface area (Å²) in [4.78, 5) is 13.2. The molecule has 1 heterocycles. The molecule has 0 aliphatic heterocycles. The molecule has 2 rings (SSSR count). The van der Waals surface area contributed by atoms with E-state index >= 15 is 0 Å². The molecule has 0 aliphatic rings. The van der Waals surface area contributed by atoms with Crippen LogP contribution in [0.25, 0.3) is 0 Å². The van der Waals surface area contributed by atoms with Gasteiger partial charge in [0.05, 0.1) is 11.7 Å². The van der Waals surface area contributed by atoms with Crippen LogP contribution < -0.4 is 10.6 Å². The molecule has 0 aliphatic carbocycles. The molecule has 3 nitrogen and oxygen atoms in total. The van der Waals surface area contributed by atoms with Crippen molar-refractivity contribution < 1.29 is 9.18 Å². The summed E-state index contributed by atoms with van der Waals surface area (Å²) in [5, 5.41) is 7.78. The van der Waals surface area contributed by atoms with E-state index in [4.69, 9.17) is 0 Å². The van der Waals surface area contributed by atoms with E-state index in [9.17, 15) is 9.18 Å². The molecule has 0 unspecified atom stereocenters. The van der Waals surface area contributed by atoms with Crippen molar-refractivity contribution in [2.75, 3.05) is 5.32 Å². The van der Waals surface area contributed by atoms with Crippen molar-refractivity contribution in [3.63, 3.8) is 0 Å². The van der Waals surface area contributed by atoms with Gasteiger partial charge < -0.3 is 5.32 Å². The largest absolute Gasteiger partial charge is 0.322 e. The van der Waals surface area contributed by atoms with E-state index in [0.29, 0.717) is 0 Å². The van der Waals surface area contributed by atoms with E-state index in [1.807, 2.05) is 24.4 Å². The first-order valence-electron chi connectivity index (χ1n) is 6.43. The van der Waals surface area contributed by atoms with E-state index in [0.717, 1.165) is 4.88 Å². The predicted molar refractivity (Wildman–Crippen MR) is 80.4 cm³/mol. The number of amides is 1. The zero-order valence-corrected chi connectivity index (χ0v) is 12.2. The number of rotatable bonds is 5. The van der Waals surface area contributed by atoms with E-state index in [-0.39, 0.29) is 17.6 Å². The maximum atomic E-state index is 13.5. The lowest BCUT2D eigenvalue weighted by atomic mass is 10.2. The Bertz CT molecular complexity index is 571. The number of hydrogen-bond acceptors (Lipinski definition) is 3. The zero-order chi connectivity index (χ0) is 14.5. The van der Waals surface area contributed by atoms with Crippen molar-refractivity contribution in [2.24, 2.45) is 0 Å². The lowest BCUT2D eigenvalue weighted by Crippen LogP contribution is -2.39. The summed E-state index contributed by atoms with van der Waals surface area (Å²) in [6.07, 6.45) is 0. The molecule has 2 atom stereocenters. The van der Waals surface area contributed by atoms with Crippen molar-refractivity contribution in [1.82, 2.24) is 5.32 Å². The molecule has 2 N–H and O–H groups in total. The number of halogens is 1. The zero-order valence-electron chi connectivity index (χ0n) is 11.4. The highest BCUT2D eigenvalue weighted by Crippen LogP contribution is 2.19. The molecule has 0 saturated heterocycles. The second kappa shape index (κ2) is 6.63. The van der Waals surface area contributed by atoms with Crippen LogP contribution in [0.15, 0.2) is 41.8 Å². The number of anilines is 1. The Kier molecular flexibility index (Phi) is 4.87. The van der Waals surface area contributed by atoms with Gasteiger partial charge in [-0.2, -0.15) is 0 Å². The molecule has 0 saturated carbocycles. The monoisotopic (exact) mass is 292 g/mol. The number of carbonyl (C=O) groups is 1. The van der Waals surface area contributed by atoms with E-state index in [1.54, 1.807) is 36.5 Å². The Balaban J connectivity index is 1.94. The maximum absolute atomic E-state index is 13.5. The van der Waals surface area contributed by atoms with Crippen LogP contribution >= 0.6 is 11.3 Å². The van der Waals surface area contributed by atoms with E-state index < -0.39 is 11.9 Å². The van der Waals surface area contributed by atoms with Crippen LogP contribution in [-0.2, 0) is 4.79 Å². The second-order valence-electron chi connectivity index (χ2n) is 4.59. The van der Waals surface area contributed by atoms with Crippen LogP contribution in [0.1, 0.15) is 24.8 Å². The van der Waals surface area contributed by atoms with E-state index in [1.165, 1.54) is 6.07 Å². The average Bonchev–Trinajstić information content (AvgIpc) is 2.95. The minimum Gasteiger partial charge on any atom is -0.322 e. The molecule has 0 radical (unpaired) electrons. The predicted octanol–water partition coefficient (Wildman–Crippen LogP) is 3.57. The molecule has 0 spiro atoms. The van der Waals surface area contributed by atoms with Gasteiger partial charge in [-0.1, -0.05) is 18.2 Å². The van der Waals surface area contributed by atoms with Crippen molar-refractivity contribution in [1.29, 1.82) is 0 Å². The van der Waals surface area contributed by atoms with Crippen molar-refractivity contribution in [3.05, 3.63) is 52.5 Å². The fourth-order valence-electron chi connectivity index (χ4n) is 1.87. The molecule has 0 bridgehead atoms. The standard InChI is InChI=1S/C15H17FN2OS/c1-10(14-8-5-9-20-14)17-11(2)15(19)18-13-7-4-3-6-12(13)16/h3-11,17H,1-2H3,(H,18,19)/t10-,11-/m0/s1. The normalized spacial score (nSPS) is 13.8. The number of nitrogens with one attached hydrogen (secondary N) is 2. The summed E-state index contributed by atoms with van der Waals surface area (Å²) in [6.45, 7) is 3.76. The molecular formula is C15H17FN2OS. The Morgan fingerprint density at radius 2 is 1.95 bits per heavy atom. The molecule has 5 heteroatoms. The van der Waals surface area contributed by atoms with Gasteiger partial charge in [-0.15, -0.1) is 11.3 Å². The smallest absolute Gasteiger partial charge is 0.241 e. The number of hydrogen-bond donors (Lipinski definition) is 2. The van der Waals surface area contributed by atoms with Gasteiger partial charge in [0.25, 0.3) is 0 Å². The Morgan fingerprint density at radius 1 is 1.20 bits per heavy atom. The average molecular weight is 292 g/mol. The van der Waals surface area contributed by atoms with Crippen molar-refractivity contribution in [3.8, 4) is 0 Å². The molecule has 1 amide bonds. The summed E-state index contributed by atoms with van der Waals surface area (Å²) >= 11 is 1.64. The van der Waals surface area contributed by atoms with Gasteiger partial charge in [0, 0.05) is 10.9 Å². The fourth-order valence-corrected chi connectivity index (χ4v) is 2.62. The summed E-state index contributed by atoms with van der Waals surface area (Å²) in [7, 11) is 0. The molecule has 2 aromatic rings. The first-order chi connectivity index (χ1) is 9.58. The highest BCUT2D eigenvalue weighted by atomic mass is 32.1. The molecule has 1 aromatic heterocycles. The Labute approximate surface area is 121 Å². The van der Waals surface area contributed by atoms with Gasteiger partial charge in [-0.25, -0.2) is 4.39 Å². The van der Waals surface area contributed by atoms with Crippen LogP contribution in [-0.4, -0.2) is 11.9 Å². The maximum Gasteiger partial charge on any atom is 0.241 e. The first-order valence-corrected chi connectivity index (χ1v) is 7.30. The second-order valence-corrected chi connectivity index (χ2v) is 5.57. The van der Waals surface area contributed by atoms with Gasteiger partial charge >= 0.3 is 0 Å². The highest BCUT2D eigenvalue weighted by Gasteiger charge is 2.17. The Hall–Kier alpha value is -1.72. The topological polar surface area (TPSA) is 41.1 Å². The minimum atomic E-state index is -0.431. The van der Waals surface area contributed by atoms with Crippen LogP contribution in [0.2, 0.25) is 0 Å². The van der Waals surface area contributed by atoms with Crippen LogP contribution in [0.3, 0.4) is 0 Å². The third kappa shape index (κ3) is 3.65. The third-order valence-electron chi connectivity index (χ3n) is 2.99. The van der Waals surface area contributed by atoms with Crippen LogP contribution in [0.4, 0.5) is 10.1 Å². The molecule has 1 aromatic carbocycles. The number of thiophene rings is 1. The lowest BCUT2D eigenvalue weighted by molar-refractivity contribution is -0.118. The molecular weight excluding hydrogens is 275 g/mol. The van der Waals surface area contributed by atoms with Crippen LogP contribution in [0, 0.1) is 5.82 Å². The first kappa shape index (κ1) is 14.7. The number of benzene rings is 1. The summed E-state index contributed by atoms with van der Waals surface area (Å²) in [5.74, 6) is -0.683. The van der Waals surface area contributed by atoms with Crippen LogP contribution in [0.5, 0.6) is 0 Å². The van der Waals surface area contributed by atoms with Gasteiger partial charge in [-0.3, -0.25) is 10.1 Å². The quantitative estimate of drug-likeness (QED) is 0.884. The minimum absolute atomic E-state index is 0.0800. The van der Waals surface area contributed by atoms with Crippen molar-refractivity contribution in [2.45, 2.75) is 25.9 Å². The fraction of sp³-hybridized carbons (Fsp3) is 0.267. The summed E-state index contributed by atoms with van der Waals surface area (Å²) < 4.78 is 13.5. The van der Waals surface area contributed by atoms with Gasteiger partial charge in [-0.05, 0) is 37.4 Å². The Morgan fingerprint density at radius 3 is 2.60 bits per heavy atom. The van der Waals surface area contributed by atoms with Gasteiger partial charge in [0.15, 0.2) is 0 Å². The molecule has 20 heavy (non-hydrogen) atoms. The molecule has 106 valence electrons. The molecule has 0 fully saturated rings. The summed E-state index contributed by atoms with van der Waals surface area (Å²) in [6, 6.07) is 9.80. The third-order valence-corrected chi connectivity index (χ3v) is 4.05. The lowest BCUT2D eigenvalue weighted by Gasteiger charge is -2.19. The van der Waals surface area contributed by atoms with E-state index in [2.05, 4.69) is 10.6 Å². The van der Waals surface area contributed by atoms with Gasteiger partial charge in [0.2, 0.25) is 5.91 Å². The number of para-hydroxylation sites is 1. The van der Waals surface area contributed by atoms with Crippen molar-refractivity contribution >= 4 is 22.9 Å². The number of carbonyl (C=O) groups excluding carboxylic acids is 1.